The number of aromatic nitrogens is 5. The van der Waals surface area contributed by atoms with Crippen LogP contribution in [-0.2, 0) is 31.9 Å². The van der Waals surface area contributed by atoms with E-state index in [2.05, 4.69) is 93.0 Å². The molecule has 196 valence electrons. The van der Waals surface area contributed by atoms with Gasteiger partial charge in [0.2, 0.25) is 0 Å². The monoisotopic (exact) mass is 683 g/mol. The first-order valence-electron chi connectivity index (χ1n) is 12.5. The van der Waals surface area contributed by atoms with Crippen LogP contribution in [0.15, 0.2) is 85.5 Å². The standard InChI is InChI=1S/C31H32N6.Pt/c1-30(2,3)28-21-27(22-29(34-28)31(4,5)6)37(25-13-7-11-23(19-25)35-17-9-15-32-35)26-14-8-12-24(20-26)36-18-10-16-33-36;/h7-18,21-22H,1-6H3;/q-2;+2. The fraction of sp³-hybridized carbons (Fsp3) is 0.258. The first-order valence-corrected chi connectivity index (χ1v) is 12.5. The predicted octanol–water partition coefficient (Wildman–Crippen LogP) is 7.12. The van der Waals surface area contributed by atoms with Gasteiger partial charge in [0, 0.05) is 52.7 Å². The minimum atomic E-state index is -0.122. The predicted molar refractivity (Wildman–Crippen MR) is 148 cm³/mol. The number of hydrogen-bond donors (Lipinski definition) is 0. The smallest absolute Gasteiger partial charge is 0.358 e. The maximum atomic E-state index is 5.09. The summed E-state index contributed by atoms with van der Waals surface area (Å²) in [5.41, 5.74) is 6.31. The van der Waals surface area contributed by atoms with Gasteiger partial charge in [-0.25, -0.2) is 0 Å². The molecule has 0 atom stereocenters. The zero-order valence-corrected chi connectivity index (χ0v) is 24.9. The van der Waals surface area contributed by atoms with Gasteiger partial charge < -0.3 is 4.90 Å². The Kier molecular flexibility index (Phi) is 7.75. The van der Waals surface area contributed by atoms with Gasteiger partial charge in [0.05, 0.1) is 0 Å². The summed E-state index contributed by atoms with van der Waals surface area (Å²) in [5, 5.41) is 8.82. The van der Waals surface area contributed by atoms with Gasteiger partial charge in [0.1, 0.15) is 0 Å². The second-order valence-electron chi connectivity index (χ2n) is 11.2. The molecule has 3 aromatic heterocycles. The minimum absolute atomic E-state index is 0. The van der Waals surface area contributed by atoms with Gasteiger partial charge in [-0.2, -0.15) is 22.3 Å². The van der Waals surface area contributed by atoms with Crippen molar-refractivity contribution < 1.29 is 21.1 Å². The summed E-state index contributed by atoms with van der Waals surface area (Å²) in [4.78, 5) is 7.27. The third-order valence-electron chi connectivity index (χ3n) is 6.12. The fourth-order valence-corrected chi connectivity index (χ4v) is 4.06. The molecule has 6 nitrogen and oxygen atoms in total. The molecule has 0 unspecified atom stereocenters. The number of pyridine rings is 1. The summed E-state index contributed by atoms with van der Waals surface area (Å²) >= 11 is 0. The Hall–Kier alpha value is -3.50. The largest absolute Gasteiger partial charge is 2.00 e. The summed E-state index contributed by atoms with van der Waals surface area (Å²) in [5.74, 6) is 0. The summed E-state index contributed by atoms with van der Waals surface area (Å²) < 4.78 is 3.64. The SMILES string of the molecule is CC(C)(C)c1cc(N(c2[c-]c(-n3cccn3)ccc2)c2[c-]c(-n3cccn3)ccc2)cc(C(C)(C)C)n1.[Pt+2]. The fourth-order valence-electron chi connectivity index (χ4n) is 4.06. The zero-order chi connectivity index (χ0) is 26.2. The van der Waals surface area contributed by atoms with Crippen molar-refractivity contribution in [2.24, 2.45) is 0 Å². The van der Waals surface area contributed by atoms with Crippen molar-refractivity contribution in [3.05, 3.63) is 109 Å². The second-order valence-corrected chi connectivity index (χ2v) is 11.2. The Morgan fingerprint density at radius 1 is 0.658 bits per heavy atom. The molecule has 7 heteroatoms. The van der Waals surface area contributed by atoms with Crippen molar-refractivity contribution >= 4 is 17.1 Å². The third kappa shape index (κ3) is 5.81. The van der Waals surface area contributed by atoms with Gasteiger partial charge in [0.15, 0.2) is 0 Å². The van der Waals surface area contributed by atoms with Crippen LogP contribution >= 0.6 is 0 Å². The summed E-state index contributed by atoms with van der Waals surface area (Å²) in [6, 6.07) is 27.5. The maximum absolute atomic E-state index is 5.09. The van der Waals surface area contributed by atoms with E-state index in [0.29, 0.717) is 0 Å². The van der Waals surface area contributed by atoms with Crippen LogP contribution in [0.5, 0.6) is 0 Å². The normalized spacial score (nSPS) is 11.7. The molecule has 0 radical (unpaired) electrons. The third-order valence-corrected chi connectivity index (χ3v) is 6.12. The van der Waals surface area contributed by atoms with Crippen LogP contribution in [0.4, 0.5) is 17.1 Å². The molecule has 0 saturated heterocycles. The topological polar surface area (TPSA) is 51.8 Å². The Morgan fingerprint density at radius 3 is 1.47 bits per heavy atom. The first kappa shape index (κ1) is 27.5. The van der Waals surface area contributed by atoms with Gasteiger partial charge in [0.25, 0.3) is 0 Å². The van der Waals surface area contributed by atoms with E-state index < -0.39 is 0 Å². The van der Waals surface area contributed by atoms with Gasteiger partial charge in [-0.3, -0.25) is 14.3 Å². The van der Waals surface area contributed by atoms with Crippen LogP contribution in [0.25, 0.3) is 11.4 Å². The van der Waals surface area contributed by atoms with Gasteiger partial charge >= 0.3 is 21.1 Å². The van der Waals surface area contributed by atoms with E-state index in [9.17, 15) is 0 Å². The number of nitrogens with zero attached hydrogens (tertiary/aromatic N) is 6. The van der Waals surface area contributed by atoms with E-state index in [1.165, 1.54) is 0 Å². The molecule has 0 aliphatic rings. The van der Waals surface area contributed by atoms with E-state index in [1.54, 1.807) is 12.4 Å². The van der Waals surface area contributed by atoms with Crippen LogP contribution in [0.2, 0.25) is 0 Å². The molecule has 5 rings (SSSR count). The van der Waals surface area contributed by atoms with Crippen molar-refractivity contribution in [2.45, 2.75) is 52.4 Å². The Labute approximate surface area is 239 Å². The van der Waals surface area contributed by atoms with E-state index in [4.69, 9.17) is 4.98 Å². The Balaban J connectivity index is 0.00000336. The van der Waals surface area contributed by atoms with Crippen LogP contribution in [0.3, 0.4) is 0 Å². The summed E-state index contributed by atoms with van der Waals surface area (Å²) in [7, 11) is 0. The van der Waals surface area contributed by atoms with E-state index in [0.717, 1.165) is 39.8 Å². The van der Waals surface area contributed by atoms with Crippen LogP contribution in [0.1, 0.15) is 52.9 Å². The van der Waals surface area contributed by atoms with Gasteiger partial charge in [-0.15, -0.1) is 36.4 Å². The molecular weight excluding hydrogens is 651 g/mol. The van der Waals surface area contributed by atoms with Crippen molar-refractivity contribution in [1.29, 1.82) is 0 Å². The van der Waals surface area contributed by atoms with Gasteiger partial charge in [-0.1, -0.05) is 52.9 Å². The average Bonchev–Trinajstić information content (AvgIpc) is 3.58. The molecule has 0 N–H and O–H groups in total. The molecule has 0 saturated carbocycles. The van der Waals surface area contributed by atoms with Gasteiger partial charge in [-0.05, 0) is 35.6 Å². The van der Waals surface area contributed by atoms with Crippen LogP contribution in [0, 0.1) is 12.1 Å². The molecule has 0 spiro atoms. The molecule has 0 aliphatic heterocycles. The molecule has 3 heterocycles. The van der Waals surface area contributed by atoms with Crippen molar-refractivity contribution in [3.8, 4) is 11.4 Å². The molecular formula is C31H32N6Pt. The minimum Gasteiger partial charge on any atom is -0.358 e. The van der Waals surface area contributed by atoms with Crippen LogP contribution < -0.4 is 4.90 Å². The zero-order valence-electron chi connectivity index (χ0n) is 22.6. The molecule has 0 aliphatic carbocycles. The molecule has 38 heavy (non-hydrogen) atoms. The van der Waals surface area contributed by atoms with Crippen molar-refractivity contribution in [3.63, 3.8) is 0 Å². The first-order chi connectivity index (χ1) is 17.6. The average molecular weight is 684 g/mol. The second kappa shape index (κ2) is 10.7. The summed E-state index contributed by atoms with van der Waals surface area (Å²) in [6.07, 6.45) is 7.39. The van der Waals surface area contributed by atoms with E-state index >= 15 is 0 Å². The quantitative estimate of drug-likeness (QED) is 0.185. The molecule has 0 fully saturated rings. The number of rotatable bonds is 5. The molecule has 0 amide bonds. The Morgan fingerprint density at radius 2 is 1.11 bits per heavy atom. The maximum Gasteiger partial charge on any atom is 2.00 e. The summed E-state index contributed by atoms with van der Waals surface area (Å²) in [6.45, 7) is 13.2. The van der Waals surface area contributed by atoms with Crippen LogP contribution in [-0.4, -0.2) is 24.5 Å². The molecule has 5 aromatic rings. The molecule has 2 aromatic carbocycles. The number of benzene rings is 2. The Bertz CT molecular complexity index is 1380. The van der Waals surface area contributed by atoms with E-state index in [-0.39, 0.29) is 31.9 Å². The van der Waals surface area contributed by atoms with Crippen molar-refractivity contribution in [1.82, 2.24) is 24.5 Å². The number of anilines is 3. The molecule has 0 bridgehead atoms. The van der Waals surface area contributed by atoms with E-state index in [1.807, 2.05) is 58.2 Å². The van der Waals surface area contributed by atoms with Crippen molar-refractivity contribution in [2.75, 3.05) is 4.90 Å². The number of hydrogen-bond acceptors (Lipinski definition) is 4.